The Labute approximate surface area is 179 Å². The van der Waals surface area contributed by atoms with Gasteiger partial charge in [0.25, 0.3) is 0 Å². The zero-order valence-electron chi connectivity index (χ0n) is 16.4. The summed E-state index contributed by atoms with van der Waals surface area (Å²) in [5.74, 6) is -0.0323. The number of carbonyl (C=O) groups is 1. The van der Waals surface area contributed by atoms with Gasteiger partial charge in [-0.05, 0) is 54.7 Å². The fourth-order valence-electron chi connectivity index (χ4n) is 3.91. The van der Waals surface area contributed by atoms with Gasteiger partial charge in [0, 0.05) is 29.7 Å². The number of likely N-dealkylation sites (tertiary alicyclic amines) is 1. The third-order valence-corrected chi connectivity index (χ3v) is 5.67. The number of rotatable bonds is 5. The number of benzene rings is 2. The molecule has 1 amide bonds. The first kappa shape index (κ1) is 20.3. The molecule has 0 bridgehead atoms. The monoisotopic (exact) mass is 424 g/mol. The molecule has 0 unspecified atom stereocenters. The van der Waals surface area contributed by atoms with Crippen LogP contribution < -0.4 is 5.73 Å². The lowest BCUT2D eigenvalue weighted by Crippen LogP contribution is -2.31. The van der Waals surface area contributed by atoms with Crippen molar-refractivity contribution in [3.8, 4) is 11.1 Å². The van der Waals surface area contributed by atoms with E-state index in [0.717, 1.165) is 35.2 Å². The van der Waals surface area contributed by atoms with Crippen molar-refractivity contribution in [3.63, 3.8) is 0 Å². The van der Waals surface area contributed by atoms with E-state index in [-0.39, 0.29) is 23.7 Å². The van der Waals surface area contributed by atoms with Crippen LogP contribution in [0.2, 0.25) is 5.02 Å². The van der Waals surface area contributed by atoms with E-state index in [1.807, 2.05) is 29.2 Å². The van der Waals surface area contributed by atoms with Gasteiger partial charge in [-0.15, -0.1) is 0 Å². The van der Waals surface area contributed by atoms with E-state index in [0.29, 0.717) is 24.4 Å². The normalized spacial score (nSPS) is 16.1. The highest BCUT2D eigenvalue weighted by atomic mass is 35.5. The topological polar surface area (TPSA) is 72.1 Å². The first-order chi connectivity index (χ1) is 14.5. The molecule has 5 nitrogen and oxygen atoms in total. The molecule has 7 heteroatoms. The molecule has 1 atom stereocenters. The second-order valence-corrected chi connectivity index (χ2v) is 7.84. The Morgan fingerprint density at radius 2 is 1.90 bits per heavy atom. The summed E-state index contributed by atoms with van der Waals surface area (Å²) in [4.78, 5) is 23.6. The Kier molecular flexibility index (Phi) is 5.95. The summed E-state index contributed by atoms with van der Waals surface area (Å²) in [5.41, 5.74) is 9.37. The molecule has 1 aromatic heterocycles. The van der Waals surface area contributed by atoms with Crippen molar-refractivity contribution in [1.29, 1.82) is 0 Å². The van der Waals surface area contributed by atoms with Crippen LogP contribution >= 0.6 is 11.6 Å². The maximum atomic E-state index is 13.1. The fraction of sp³-hybridized carbons (Fsp3) is 0.261. The van der Waals surface area contributed by atoms with Crippen LogP contribution in [0.25, 0.3) is 11.1 Å². The smallest absolute Gasteiger partial charge is 0.223 e. The Bertz CT molecular complexity index is 1040. The van der Waals surface area contributed by atoms with Crippen LogP contribution in [0.4, 0.5) is 10.3 Å². The number of hydrogen-bond donors (Lipinski definition) is 1. The van der Waals surface area contributed by atoms with Crippen molar-refractivity contribution in [3.05, 3.63) is 76.8 Å². The second-order valence-electron chi connectivity index (χ2n) is 7.41. The zero-order chi connectivity index (χ0) is 21.1. The quantitative estimate of drug-likeness (QED) is 0.637. The van der Waals surface area contributed by atoms with E-state index < -0.39 is 0 Å². The molecular formula is C23H22ClFN4O. The molecule has 1 saturated heterocycles. The molecule has 0 aliphatic carbocycles. The van der Waals surface area contributed by atoms with E-state index >= 15 is 0 Å². The van der Waals surface area contributed by atoms with Gasteiger partial charge in [0.2, 0.25) is 11.9 Å². The molecule has 2 aromatic carbocycles. The SMILES string of the molecule is Nc1ncc(-c2ccc(Cl)cc2)c([C@H]2CCCN2C(=O)CCc2ccc(F)cc2)n1. The minimum Gasteiger partial charge on any atom is -0.368 e. The van der Waals surface area contributed by atoms with Gasteiger partial charge in [-0.2, -0.15) is 0 Å². The fourth-order valence-corrected chi connectivity index (χ4v) is 4.04. The Morgan fingerprint density at radius 1 is 1.17 bits per heavy atom. The van der Waals surface area contributed by atoms with Gasteiger partial charge >= 0.3 is 0 Å². The van der Waals surface area contributed by atoms with Gasteiger partial charge in [0.1, 0.15) is 5.82 Å². The van der Waals surface area contributed by atoms with Crippen LogP contribution in [-0.4, -0.2) is 27.3 Å². The second kappa shape index (κ2) is 8.79. The van der Waals surface area contributed by atoms with Crippen molar-refractivity contribution < 1.29 is 9.18 Å². The van der Waals surface area contributed by atoms with Crippen molar-refractivity contribution in [2.24, 2.45) is 0 Å². The molecule has 2 N–H and O–H groups in total. The summed E-state index contributed by atoms with van der Waals surface area (Å²) in [6.07, 6.45) is 4.36. The number of halogens is 2. The minimum absolute atomic E-state index is 0.0565. The highest BCUT2D eigenvalue weighted by Gasteiger charge is 2.32. The third kappa shape index (κ3) is 4.44. The number of nitrogens with zero attached hydrogens (tertiary/aromatic N) is 3. The average molecular weight is 425 g/mol. The van der Waals surface area contributed by atoms with Gasteiger partial charge in [0.15, 0.2) is 0 Å². The first-order valence-corrected chi connectivity index (χ1v) is 10.3. The summed E-state index contributed by atoms with van der Waals surface area (Å²) >= 11 is 6.02. The van der Waals surface area contributed by atoms with Gasteiger partial charge < -0.3 is 10.6 Å². The molecule has 1 aliphatic heterocycles. The lowest BCUT2D eigenvalue weighted by Gasteiger charge is -2.26. The van der Waals surface area contributed by atoms with Gasteiger partial charge in [-0.25, -0.2) is 14.4 Å². The summed E-state index contributed by atoms with van der Waals surface area (Å²) in [6.45, 7) is 0.677. The Morgan fingerprint density at radius 3 is 2.63 bits per heavy atom. The molecular weight excluding hydrogens is 403 g/mol. The molecule has 0 radical (unpaired) electrons. The van der Waals surface area contributed by atoms with Crippen LogP contribution in [0, 0.1) is 5.82 Å². The van der Waals surface area contributed by atoms with Crippen LogP contribution in [0.15, 0.2) is 54.7 Å². The number of amides is 1. The van der Waals surface area contributed by atoms with Crippen LogP contribution in [0.1, 0.15) is 36.6 Å². The summed E-state index contributed by atoms with van der Waals surface area (Å²) < 4.78 is 13.1. The number of nitrogen functional groups attached to an aromatic ring is 1. The molecule has 2 heterocycles. The van der Waals surface area contributed by atoms with Gasteiger partial charge in [0.05, 0.1) is 11.7 Å². The Balaban J connectivity index is 1.57. The molecule has 0 spiro atoms. The van der Waals surface area contributed by atoms with Crippen molar-refractivity contribution in [2.45, 2.75) is 31.7 Å². The van der Waals surface area contributed by atoms with E-state index in [2.05, 4.69) is 9.97 Å². The maximum absolute atomic E-state index is 13.1. The third-order valence-electron chi connectivity index (χ3n) is 5.42. The summed E-state index contributed by atoms with van der Waals surface area (Å²) in [5, 5.41) is 0.648. The van der Waals surface area contributed by atoms with Crippen LogP contribution in [0.5, 0.6) is 0 Å². The van der Waals surface area contributed by atoms with Crippen LogP contribution in [0.3, 0.4) is 0 Å². The molecule has 30 heavy (non-hydrogen) atoms. The minimum atomic E-state index is -0.277. The number of aromatic nitrogens is 2. The number of hydrogen-bond acceptors (Lipinski definition) is 4. The van der Waals surface area contributed by atoms with Crippen LogP contribution in [-0.2, 0) is 11.2 Å². The van der Waals surface area contributed by atoms with Gasteiger partial charge in [-0.1, -0.05) is 35.9 Å². The maximum Gasteiger partial charge on any atom is 0.223 e. The van der Waals surface area contributed by atoms with Crippen molar-refractivity contribution >= 4 is 23.5 Å². The van der Waals surface area contributed by atoms with E-state index in [4.69, 9.17) is 17.3 Å². The summed E-state index contributed by atoms with van der Waals surface area (Å²) in [6, 6.07) is 13.6. The first-order valence-electron chi connectivity index (χ1n) is 9.93. The predicted molar refractivity (Wildman–Crippen MR) is 115 cm³/mol. The largest absolute Gasteiger partial charge is 0.368 e. The lowest BCUT2D eigenvalue weighted by atomic mass is 9.99. The molecule has 3 aromatic rings. The number of nitrogens with two attached hydrogens (primary N) is 1. The standard InChI is InChI=1S/C23H22ClFN4O/c24-17-8-6-16(7-9-17)19-14-27-23(26)28-22(19)20-2-1-13-29(20)21(30)12-5-15-3-10-18(25)11-4-15/h3-4,6-11,14,20H,1-2,5,12-13H2,(H2,26,27,28)/t20-/m1/s1. The number of anilines is 1. The Hall–Kier alpha value is -2.99. The average Bonchev–Trinajstić information content (AvgIpc) is 3.24. The van der Waals surface area contributed by atoms with E-state index in [1.54, 1.807) is 18.3 Å². The zero-order valence-corrected chi connectivity index (χ0v) is 17.1. The van der Waals surface area contributed by atoms with E-state index in [1.165, 1.54) is 12.1 Å². The lowest BCUT2D eigenvalue weighted by molar-refractivity contribution is -0.132. The van der Waals surface area contributed by atoms with Crippen molar-refractivity contribution in [2.75, 3.05) is 12.3 Å². The molecule has 4 rings (SSSR count). The summed E-state index contributed by atoms with van der Waals surface area (Å²) in [7, 11) is 0. The molecule has 1 fully saturated rings. The number of aryl methyl sites for hydroxylation is 1. The van der Waals surface area contributed by atoms with Crippen molar-refractivity contribution in [1.82, 2.24) is 14.9 Å². The predicted octanol–water partition coefficient (Wildman–Crippen LogP) is 4.81. The van der Waals surface area contributed by atoms with Gasteiger partial charge in [-0.3, -0.25) is 4.79 Å². The highest BCUT2D eigenvalue weighted by Crippen LogP contribution is 2.37. The number of carbonyl (C=O) groups excluding carboxylic acids is 1. The molecule has 0 saturated carbocycles. The molecule has 1 aliphatic rings. The van der Waals surface area contributed by atoms with E-state index in [9.17, 15) is 9.18 Å². The highest BCUT2D eigenvalue weighted by molar-refractivity contribution is 6.30. The molecule has 154 valence electrons.